The van der Waals surface area contributed by atoms with Crippen LogP contribution in [0.15, 0.2) is 0 Å². The zero-order chi connectivity index (χ0) is 11.6. The highest BCUT2D eigenvalue weighted by molar-refractivity contribution is 5.98. The van der Waals surface area contributed by atoms with Gasteiger partial charge in [0.25, 0.3) is 0 Å². The van der Waals surface area contributed by atoms with Gasteiger partial charge in [0.1, 0.15) is 5.54 Å². The molecule has 0 spiro atoms. The van der Waals surface area contributed by atoms with Crippen LogP contribution in [0.4, 0.5) is 0 Å². The molecule has 0 saturated carbocycles. The predicted molar refractivity (Wildman–Crippen MR) is 52.9 cm³/mol. The fourth-order valence-electron chi connectivity index (χ4n) is 1.64. The van der Waals surface area contributed by atoms with Crippen molar-refractivity contribution in [3.63, 3.8) is 0 Å². The van der Waals surface area contributed by atoms with Gasteiger partial charge < -0.3 is 15.5 Å². The number of rotatable bonds is 3. The van der Waals surface area contributed by atoms with Gasteiger partial charge in [0.15, 0.2) is 0 Å². The van der Waals surface area contributed by atoms with Gasteiger partial charge >= 0.3 is 0 Å². The second-order valence-corrected chi connectivity index (χ2v) is 3.85. The van der Waals surface area contributed by atoms with Gasteiger partial charge in [-0.2, -0.15) is 0 Å². The van der Waals surface area contributed by atoms with E-state index in [0.717, 1.165) is 0 Å². The molecule has 1 saturated heterocycles. The van der Waals surface area contributed by atoms with Crippen molar-refractivity contribution in [2.24, 2.45) is 0 Å². The molecule has 0 unspecified atom stereocenters. The molecule has 3 amide bonds. The van der Waals surface area contributed by atoms with Crippen molar-refractivity contribution in [1.82, 2.24) is 15.5 Å². The SMILES string of the molecule is CNC(=O)CN1C[C@@](C)(NC(C)=O)C1=O. The standard InChI is InChI=1S/C9H15N3O3/c1-6(13)11-9(2)5-12(8(9)15)4-7(14)10-3/h4-5H2,1-3H3,(H,10,14)(H,11,13)/t9-/m1/s1. The molecule has 1 heterocycles. The highest BCUT2D eigenvalue weighted by Gasteiger charge is 2.49. The van der Waals surface area contributed by atoms with Gasteiger partial charge in [-0.15, -0.1) is 0 Å². The van der Waals surface area contributed by atoms with Crippen molar-refractivity contribution >= 4 is 17.7 Å². The monoisotopic (exact) mass is 213 g/mol. The summed E-state index contributed by atoms with van der Waals surface area (Å²) >= 11 is 0. The van der Waals surface area contributed by atoms with E-state index in [1.165, 1.54) is 18.9 Å². The van der Waals surface area contributed by atoms with Gasteiger partial charge in [-0.1, -0.05) is 0 Å². The van der Waals surface area contributed by atoms with E-state index >= 15 is 0 Å². The first-order valence-electron chi connectivity index (χ1n) is 4.68. The van der Waals surface area contributed by atoms with E-state index in [9.17, 15) is 14.4 Å². The molecule has 84 valence electrons. The van der Waals surface area contributed by atoms with E-state index in [-0.39, 0.29) is 24.3 Å². The molecule has 0 radical (unpaired) electrons. The lowest BCUT2D eigenvalue weighted by atomic mass is 9.90. The maximum Gasteiger partial charge on any atom is 0.250 e. The van der Waals surface area contributed by atoms with E-state index in [2.05, 4.69) is 10.6 Å². The maximum atomic E-state index is 11.6. The number of likely N-dealkylation sites (N-methyl/N-ethyl adjacent to an activating group) is 1. The summed E-state index contributed by atoms with van der Waals surface area (Å²) in [6.07, 6.45) is 0. The molecule has 0 bridgehead atoms. The summed E-state index contributed by atoms with van der Waals surface area (Å²) in [6.45, 7) is 3.43. The highest BCUT2D eigenvalue weighted by atomic mass is 16.2. The number of carbonyl (C=O) groups is 3. The lowest BCUT2D eigenvalue weighted by molar-refractivity contribution is -0.156. The third-order valence-electron chi connectivity index (χ3n) is 2.33. The van der Waals surface area contributed by atoms with Crippen LogP contribution in [-0.4, -0.2) is 48.3 Å². The Morgan fingerprint density at radius 2 is 2.13 bits per heavy atom. The molecule has 0 aliphatic carbocycles. The van der Waals surface area contributed by atoms with Crippen LogP contribution >= 0.6 is 0 Å². The van der Waals surface area contributed by atoms with Crippen LogP contribution in [0.5, 0.6) is 0 Å². The van der Waals surface area contributed by atoms with Crippen molar-refractivity contribution < 1.29 is 14.4 Å². The summed E-state index contributed by atoms with van der Waals surface area (Å²) in [5, 5.41) is 5.00. The molecule has 1 rings (SSSR count). The molecule has 1 aliphatic rings. The summed E-state index contributed by atoms with van der Waals surface area (Å²) < 4.78 is 0. The number of hydrogen-bond donors (Lipinski definition) is 2. The zero-order valence-electron chi connectivity index (χ0n) is 9.09. The van der Waals surface area contributed by atoms with Gasteiger partial charge in [0, 0.05) is 14.0 Å². The smallest absolute Gasteiger partial charge is 0.250 e. The number of likely N-dealkylation sites (tertiary alicyclic amines) is 1. The van der Waals surface area contributed by atoms with E-state index in [1.54, 1.807) is 6.92 Å². The van der Waals surface area contributed by atoms with Gasteiger partial charge in [0.2, 0.25) is 17.7 Å². The van der Waals surface area contributed by atoms with Crippen molar-refractivity contribution in [1.29, 1.82) is 0 Å². The highest BCUT2D eigenvalue weighted by Crippen LogP contribution is 2.21. The molecule has 1 atom stereocenters. The molecule has 1 aliphatic heterocycles. The molecule has 6 heteroatoms. The van der Waals surface area contributed by atoms with E-state index < -0.39 is 5.54 Å². The molecular weight excluding hydrogens is 198 g/mol. The molecule has 1 fully saturated rings. The van der Waals surface area contributed by atoms with Crippen molar-refractivity contribution in [3.05, 3.63) is 0 Å². The molecule has 6 nitrogen and oxygen atoms in total. The number of amides is 3. The van der Waals surface area contributed by atoms with E-state index in [0.29, 0.717) is 6.54 Å². The minimum absolute atomic E-state index is 0.0461. The first-order chi connectivity index (χ1) is 6.89. The normalized spacial score (nSPS) is 24.5. The minimum Gasteiger partial charge on any atom is -0.358 e. The Hall–Kier alpha value is -1.59. The zero-order valence-corrected chi connectivity index (χ0v) is 9.09. The fourth-order valence-corrected chi connectivity index (χ4v) is 1.64. The van der Waals surface area contributed by atoms with Crippen molar-refractivity contribution in [2.45, 2.75) is 19.4 Å². The summed E-state index contributed by atoms with van der Waals surface area (Å²) in [4.78, 5) is 34.8. The molecule has 0 aromatic heterocycles. The Morgan fingerprint density at radius 3 is 2.53 bits per heavy atom. The Morgan fingerprint density at radius 1 is 1.53 bits per heavy atom. The number of β-lactam (4-membered cyclic amide) rings is 1. The van der Waals surface area contributed by atoms with Gasteiger partial charge in [0.05, 0.1) is 13.1 Å². The van der Waals surface area contributed by atoms with Crippen LogP contribution in [0.25, 0.3) is 0 Å². The van der Waals surface area contributed by atoms with E-state index in [4.69, 9.17) is 0 Å². The summed E-state index contributed by atoms with van der Waals surface area (Å²) in [5.41, 5.74) is -0.833. The first-order valence-corrected chi connectivity index (χ1v) is 4.68. The third-order valence-corrected chi connectivity index (χ3v) is 2.33. The average molecular weight is 213 g/mol. The molecular formula is C9H15N3O3. The summed E-state index contributed by atoms with van der Waals surface area (Å²) in [5.74, 6) is -0.681. The van der Waals surface area contributed by atoms with Crippen LogP contribution in [0.3, 0.4) is 0 Å². The second kappa shape index (κ2) is 3.88. The Labute approximate surface area is 88.0 Å². The van der Waals surface area contributed by atoms with Crippen LogP contribution in [0.2, 0.25) is 0 Å². The largest absolute Gasteiger partial charge is 0.358 e. The lowest BCUT2D eigenvalue weighted by Gasteiger charge is -2.46. The fraction of sp³-hybridized carbons (Fsp3) is 0.667. The first kappa shape index (κ1) is 11.5. The van der Waals surface area contributed by atoms with Gasteiger partial charge in [-0.3, -0.25) is 14.4 Å². The topological polar surface area (TPSA) is 78.5 Å². The van der Waals surface area contributed by atoms with Crippen LogP contribution in [-0.2, 0) is 14.4 Å². The van der Waals surface area contributed by atoms with Crippen LogP contribution in [0.1, 0.15) is 13.8 Å². The van der Waals surface area contributed by atoms with Crippen molar-refractivity contribution in [2.75, 3.05) is 20.1 Å². The molecule has 0 aromatic rings. The van der Waals surface area contributed by atoms with Gasteiger partial charge in [-0.05, 0) is 6.92 Å². The summed E-state index contributed by atoms with van der Waals surface area (Å²) in [6, 6.07) is 0. The third kappa shape index (κ3) is 2.26. The maximum absolute atomic E-state index is 11.6. The summed E-state index contributed by atoms with van der Waals surface area (Å²) in [7, 11) is 1.51. The second-order valence-electron chi connectivity index (χ2n) is 3.85. The van der Waals surface area contributed by atoms with Gasteiger partial charge in [-0.25, -0.2) is 0 Å². The molecule has 15 heavy (non-hydrogen) atoms. The molecule has 0 aromatic carbocycles. The van der Waals surface area contributed by atoms with Crippen molar-refractivity contribution in [3.8, 4) is 0 Å². The average Bonchev–Trinajstić information content (AvgIpc) is 2.15. The lowest BCUT2D eigenvalue weighted by Crippen LogP contribution is -2.73. The number of carbonyl (C=O) groups excluding carboxylic acids is 3. The Balaban J connectivity index is 2.50. The molecule has 2 N–H and O–H groups in total. The number of hydrogen-bond acceptors (Lipinski definition) is 3. The minimum atomic E-state index is -0.833. The van der Waals surface area contributed by atoms with E-state index in [1.807, 2.05) is 0 Å². The Kier molecular flexibility index (Phi) is 2.97. The number of nitrogens with one attached hydrogen (secondary N) is 2. The van der Waals surface area contributed by atoms with Crippen LogP contribution < -0.4 is 10.6 Å². The quantitative estimate of drug-likeness (QED) is 0.558. The Bertz CT molecular complexity index is 316. The predicted octanol–water partition coefficient (Wildman–Crippen LogP) is -1.53. The van der Waals surface area contributed by atoms with Crippen LogP contribution in [0, 0.1) is 0 Å². The number of nitrogens with zero attached hydrogens (tertiary/aromatic N) is 1.